The van der Waals surface area contributed by atoms with Crippen molar-refractivity contribution < 1.29 is 9.53 Å². The van der Waals surface area contributed by atoms with Crippen molar-refractivity contribution in [3.8, 4) is 0 Å². The summed E-state index contributed by atoms with van der Waals surface area (Å²) in [5.74, 6) is 0.541. The number of rotatable bonds is 44. The first-order valence-corrected chi connectivity index (χ1v) is 24.9. The van der Waals surface area contributed by atoms with E-state index < -0.39 is 0 Å². The van der Waals surface area contributed by atoms with Crippen molar-refractivity contribution in [2.45, 2.75) is 291 Å². The molecule has 3 nitrogen and oxygen atoms in total. The Bertz CT molecular complexity index is 714. The van der Waals surface area contributed by atoms with Crippen molar-refractivity contribution in [1.82, 2.24) is 5.32 Å². The topological polar surface area (TPSA) is 38.3 Å². The van der Waals surface area contributed by atoms with E-state index in [2.05, 4.69) is 33.0 Å². The minimum absolute atomic E-state index is 0.0652. The van der Waals surface area contributed by atoms with Crippen LogP contribution < -0.4 is 5.32 Å². The van der Waals surface area contributed by atoms with Crippen molar-refractivity contribution in [1.29, 1.82) is 0 Å². The van der Waals surface area contributed by atoms with E-state index in [0.717, 1.165) is 24.3 Å². The number of unbranched alkanes of at least 4 members (excludes halogenated alkanes) is 34. The van der Waals surface area contributed by atoms with Gasteiger partial charge in [-0.3, -0.25) is 4.79 Å². The molecule has 0 radical (unpaired) electrons. The Morgan fingerprint density at radius 3 is 1.00 bits per heavy atom. The lowest BCUT2D eigenvalue weighted by Crippen LogP contribution is -2.34. The summed E-state index contributed by atoms with van der Waals surface area (Å²) in [6.07, 6.45) is 53.4. The molecule has 0 bridgehead atoms. The highest BCUT2D eigenvalue weighted by atomic mass is 32.1. The van der Waals surface area contributed by atoms with E-state index in [1.165, 1.54) is 231 Å². The van der Waals surface area contributed by atoms with Gasteiger partial charge in [0.1, 0.15) is 6.10 Å². The van der Waals surface area contributed by atoms with Crippen molar-refractivity contribution in [3.05, 3.63) is 0 Å². The molecule has 0 saturated carbocycles. The number of nitrogens with one attached hydrogen (secondary N) is 1. The molecule has 1 N–H and O–H groups in total. The van der Waals surface area contributed by atoms with Gasteiger partial charge in [-0.2, -0.15) is 0 Å². The molecular weight excluding hydrogens is 667 g/mol. The van der Waals surface area contributed by atoms with Crippen LogP contribution in [0.3, 0.4) is 0 Å². The number of hydrogen-bond donors (Lipinski definition) is 1. The van der Waals surface area contributed by atoms with Crippen molar-refractivity contribution in [3.63, 3.8) is 0 Å². The van der Waals surface area contributed by atoms with Crippen LogP contribution in [0, 0.1) is 5.92 Å². The second-order valence-electron chi connectivity index (χ2n) is 17.1. The van der Waals surface area contributed by atoms with Gasteiger partial charge in [-0.05, 0) is 38.4 Å². The molecular formula is C49H97NO2S. The van der Waals surface area contributed by atoms with E-state index in [9.17, 15) is 4.79 Å². The largest absolute Gasteiger partial charge is 0.482 e. The number of thiocarbonyl (C=S) groups is 1. The lowest BCUT2D eigenvalue weighted by molar-refractivity contribution is -0.121. The minimum Gasteiger partial charge on any atom is -0.482 e. The lowest BCUT2D eigenvalue weighted by atomic mass is 9.94. The van der Waals surface area contributed by atoms with Crippen LogP contribution in [0.1, 0.15) is 285 Å². The zero-order valence-electron chi connectivity index (χ0n) is 36.9. The highest BCUT2D eigenvalue weighted by Gasteiger charge is 2.18. The molecule has 0 rings (SSSR count). The average Bonchev–Trinajstić information content (AvgIpc) is 3.15. The third-order valence-corrected chi connectivity index (χ3v) is 12.0. The number of carbonyl (C=O) groups is 1. The first kappa shape index (κ1) is 52.4. The fourth-order valence-corrected chi connectivity index (χ4v) is 8.23. The zero-order valence-corrected chi connectivity index (χ0v) is 37.7. The van der Waals surface area contributed by atoms with Gasteiger partial charge in [0.2, 0.25) is 5.91 Å². The number of carbonyl (C=O) groups excluding carboxylic acids is 1. The Balaban J connectivity index is 4.25. The molecule has 0 aromatic carbocycles. The molecule has 1 unspecified atom stereocenters. The van der Waals surface area contributed by atoms with Gasteiger partial charge in [0.05, 0.1) is 6.54 Å². The van der Waals surface area contributed by atoms with Crippen LogP contribution in [0.15, 0.2) is 0 Å². The summed E-state index contributed by atoms with van der Waals surface area (Å²) in [4.78, 5) is 12.5. The Labute approximate surface area is 339 Å². The van der Waals surface area contributed by atoms with Gasteiger partial charge in [-0.1, -0.05) is 252 Å². The van der Waals surface area contributed by atoms with Gasteiger partial charge >= 0.3 is 0 Å². The molecule has 1 atom stereocenters. The van der Waals surface area contributed by atoms with Crippen LogP contribution in [-0.4, -0.2) is 23.6 Å². The summed E-state index contributed by atoms with van der Waals surface area (Å²) >= 11 is 5.93. The molecule has 0 heterocycles. The Morgan fingerprint density at radius 2 is 0.698 bits per heavy atom. The van der Waals surface area contributed by atoms with Crippen LogP contribution in [0.4, 0.5) is 0 Å². The standard InChI is InChI=1S/C49H97NO2S/c1-5-8-11-14-17-20-23-26-29-32-35-38-41-44-48(51)50-45-46(4)52-49(53)47(42-39-36-33-30-27-24-21-18-15-12-9-6-2)43-40-37-34-31-28-25-22-19-16-13-10-7-3/h46-47H,5-45H2,1-4H3,(H,50,51). The first-order chi connectivity index (χ1) is 26.0. The summed E-state index contributed by atoms with van der Waals surface area (Å²) in [5, 5.41) is 3.93. The fourth-order valence-electron chi connectivity index (χ4n) is 7.83. The van der Waals surface area contributed by atoms with E-state index in [1.807, 2.05) is 0 Å². The van der Waals surface area contributed by atoms with Crippen molar-refractivity contribution >= 4 is 23.2 Å². The van der Waals surface area contributed by atoms with Gasteiger partial charge in [-0.25, -0.2) is 0 Å². The monoisotopic (exact) mass is 764 g/mol. The van der Waals surface area contributed by atoms with Gasteiger partial charge in [0.15, 0.2) is 5.05 Å². The molecule has 0 fully saturated rings. The number of ether oxygens (including phenoxy) is 1. The summed E-state index contributed by atoms with van der Waals surface area (Å²) < 4.78 is 6.32. The highest BCUT2D eigenvalue weighted by molar-refractivity contribution is 7.80. The average molecular weight is 764 g/mol. The van der Waals surface area contributed by atoms with Crippen LogP contribution in [-0.2, 0) is 9.53 Å². The third kappa shape index (κ3) is 40.8. The zero-order chi connectivity index (χ0) is 38.7. The second-order valence-corrected chi connectivity index (χ2v) is 17.5. The summed E-state index contributed by atoms with van der Waals surface area (Å²) in [7, 11) is 0. The van der Waals surface area contributed by atoms with Crippen LogP contribution in [0.25, 0.3) is 0 Å². The van der Waals surface area contributed by atoms with Gasteiger partial charge in [0, 0.05) is 12.3 Å². The summed E-state index contributed by atoms with van der Waals surface area (Å²) in [5.41, 5.74) is 0. The number of hydrogen-bond acceptors (Lipinski definition) is 3. The predicted molar refractivity (Wildman–Crippen MR) is 241 cm³/mol. The van der Waals surface area contributed by atoms with E-state index in [0.29, 0.717) is 18.9 Å². The van der Waals surface area contributed by atoms with E-state index in [-0.39, 0.29) is 12.0 Å². The van der Waals surface area contributed by atoms with E-state index in [1.54, 1.807) is 0 Å². The normalized spacial score (nSPS) is 12.1. The number of amides is 1. The summed E-state index contributed by atoms with van der Waals surface area (Å²) in [6, 6.07) is 0. The van der Waals surface area contributed by atoms with Gasteiger partial charge in [0.25, 0.3) is 0 Å². The second kappa shape index (κ2) is 44.1. The minimum atomic E-state index is -0.0652. The maximum atomic E-state index is 12.5. The fraction of sp³-hybridized carbons (Fsp3) is 0.959. The molecule has 53 heavy (non-hydrogen) atoms. The molecule has 0 saturated heterocycles. The van der Waals surface area contributed by atoms with Crippen LogP contribution in [0.2, 0.25) is 0 Å². The van der Waals surface area contributed by atoms with Gasteiger partial charge < -0.3 is 10.1 Å². The molecule has 0 aliphatic heterocycles. The SMILES string of the molecule is CCCCCCCCCCCCCCCC(=O)NCC(C)OC(=S)C(CCCCCCCCCCCCCC)CCCCCCCCCCCCCC. The molecule has 0 spiro atoms. The van der Waals surface area contributed by atoms with Crippen molar-refractivity contribution in [2.75, 3.05) is 6.54 Å². The highest BCUT2D eigenvalue weighted by Crippen LogP contribution is 2.23. The Kier molecular flexibility index (Phi) is 43.5. The quantitative estimate of drug-likeness (QED) is 0.0496. The van der Waals surface area contributed by atoms with Crippen LogP contribution >= 0.6 is 12.2 Å². The smallest absolute Gasteiger partial charge is 0.220 e. The van der Waals surface area contributed by atoms with Crippen molar-refractivity contribution in [2.24, 2.45) is 5.92 Å². The Hall–Kier alpha value is -0.640. The molecule has 0 aromatic heterocycles. The Morgan fingerprint density at radius 1 is 0.434 bits per heavy atom. The molecule has 4 heteroatoms. The molecule has 0 aliphatic rings. The molecule has 0 aliphatic carbocycles. The lowest BCUT2D eigenvalue weighted by Gasteiger charge is -2.22. The summed E-state index contributed by atoms with van der Waals surface area (Å²) in [6.45, 7) is 9.51. The third-order valence-electron chi connectivity index (χ3n) is 11.6. The predicted octanol–water partition coefficient (Wildman–Crippen LogP) is 17.1. The molecule has 1 amide bonds. The van der Waals surface area contributed by atoms with Crippen LogP contribution in [0.5, 0.6) is 0 Å². The van der Waals surface area contributed by atoms with E-state index in [4.69, 9.17) is 17.0 Å². The maximum absolute atomic E-state index is 12.5. The first-order valence-electron chi connectivity index (χ1n) is 24.5. The molecule has 316 valence electrons. The van der Waals surface area contributed by atoms with Gasteiger partial charge in [-0.15, -0.1) is 0 Å². The van der Waals surface area contributed by atoms with E-state index >= 15 is 0 Å². The molecule has 0 aromatic rings. The maximum Gasteiger partial charge on any atom is 0.220 e.